The van der Waals surface area contributed by atoms with E-state index in [-0.39, 0.29) is 5.17 Å². The minimum absolute atomic E-state index is 0.184. The molecule has 0 N–H and O–H groups in total. The third-order valence-electron chi connectivity index (χ3n) is 1.44. The van der Waals surface area contributed by atoms with Gasteiger partial charge in [0.2, 0.25) is 5.95 Å². The molecule has 13 heavy (non-hydrogen) atoms. The van der Waals surface area contributed by atoms with Crippen molar-refractivity contribution in [2.75, 3.05) is 7.05 Å². The number of aromatic nitrogens is 1. The Hall–Kier alpha value is -1.29. The van der Waals surface area contributed by atoms with Crippen LogP contribution >= 0.6 is 11.6 Å². The Morgan fingerprint density at radius 3 is 2.92 bits per heavy atom. The van der Waals surface area contributed by atoms with Gasteiger partial charge in [0.05, 0.1) is 11.9 Å². The smallest absolute Gasteiger partial charge is 0.213 e. The number of hydrogen-bond donors (Lipinski definition) is 0. The summed E-state index contributed by atoms with van der Waals surface area (Å²) >= 11 is 5.71. The van der Waals surface area contributed by atoms with Gasteiger partial charge in [-0.2, -0.15) is 4.39 Å². The summed E-state index contributed by atoms with van der Waals surface area (Å²) in [6.07, 6.45) is 1.26. The van der Waals surface area contributed by atoms with E-state index in [1.165, 1.54) is 19.3 Å². The van der Waals surface area contributed by atoms with Crippen LogP contribution in [0, 0.1) is 5.95 Å². The highest BCUT2D eigenvalue weighted by Gasteiger charge is 2.07. The molecular weight excluding hydrogens is 193 g/mol. The first-order valence-corrected chi connectivity index (χ1v) is 3.81. The minimum atomic E-state index is -0.621. The van der Waals surface area contributed by atoms with Crippen molar-refractivity contribution >= 4 is 29.2 Å². The van der Waals surface area contributed by atoms with E-state index < -0.39 is 5.95 Å². The highest BCUT2D eigenvalue weighted by atomic mass is 35.5. The fourth-order valence-corrected chi connectivity index (χ4v) is 0.986. The van der Waals surface area contributed by atoms with Crippen LogP contribution < -0.4 is 0 Å². The van der Waals surface area contributed by atoms with E-state index in [9.17, 15) is 4.39 Å². The monoisotopic (exact) mass is 199 g/mol. The summed E-state index contributed by atoms with van der Waals surface area (Å²) in [6.45, 7) is 3.31. The summed E-state index contributed by atoms with van der Waals surface area (Å²) in [5.74, 6) is -0.621. The third kappa shape index (κ3) is 2.09. The van der Waals surface area contributed by atoms with Gasteiger partial charge in [-0.15, -0.1) is 0 Å². The average Bonchev–Trinajstić information content (AvgIpc) is 2.16. The highest BCUT2D eigenvalue weighted by molar-refractivity contribution is 6.70. The molecule has 1 rings (SSSR count). The van der Waals surface area contributed by atoms with E-state index >= 15 is 0 Å². The van der Waals surface area contributed by atoms with Gasteiger partial charge in [0, 0.05) is 18.7 Å². The van der Waals surface area contributed by atoms with Crippen LogP contribution in [0.4, 0.5) is 10.1 Å². The topological polar surface area (TPSA) is 37.6 Å². The van der Waals surface area contributed by atoms with Gasteiger partial charge in [-0.05, 0) is 6.72 Å². The molecule has 0 fully saturated rings. The molecule has 3 nitrogen and oxygen atoms in total. The van der Waals surface area contributed by atoms with Gasteiger partial charge in [0.15, 0.2) is 0 Å². The van der Waals surface area contributed by atoms with E-state index in [1.807, 2.05) is 0 Å². The van der Waals surface area contributed by atoms with Crippen molar-refractivity contribution in [3.05, 3.63) is 23.8 Å². The molecule has 0 spiro atoms. The molecule has 0 atom stereocenters. The van der Waals surface area contributed by atoms with Gasteiger partial charge in [0.1, 0.15) is 5.17 Å². The second-order valence-corrected chi connectivity index (χ2v) is 2.55. The normalized spacial score (nSPS) is 11.5. The second-order valence-electron chi connectivity index (χ2n) is 2.20. The lowest BCUT2D eigenvalue weighted by molar-refractivity contribution is 0.584. The predicted molar refractivity (Wildman–Crippen MR) is 51.7 cm³/mol. The van der Waals surface area contributed by atoms with Crippen LogP contribution in [0.5, 0.6) is 0 Å². The van der Waals surface area contributed by atoms with Crippen LogP contribution in [0.25, 0.3) is 0 Å². The molecule has 0 aliphatic carbocycles. The molecule has 0 saturated heterocycles. The van der Waals surface area contributed by atoms with Crippen molar-refractivity contribution in [1.82, 2.24) is 4.98 Å². The third-order valence-corrected chi connectivity index (χ3v) is 1.81. The molecule has 0 radical (unpaired) electrons. The molecule has 0 aliphatic rings. The highest BCUT2D eigenvalue weighted by Crippen LogP contribution is 2.20. The zero-order valence-corrected chi connectivity index (χ0v) is 7.72. The Kier molecular flexibility index (Phi) is 3.08. The first-order chi connectivity index (χ1) is 6.19. The van der Waals surface area contributed by atoms with Crippen LogP contribution in [0.2, 0.25) is 0 Å². The molecule has 0 amide bonds. The van der Waals surface area contributed by atoms with E-state index in [0.717, 1.165) is 0 Å². The summed E-state index contributed by atoms with van der Waals surface area (Å²) in [7, 11) is 1.51. The molecule has 0 unspecified atom stereocenters. The number of nitrogens with zero attached hydrogens (tertiary/aromatic N) is 3. The first-order valence-electron chi connectivity index (χ1n) is 3.44. The summed E-state index contributed by atoms with van der Waals surface area (Å²) in [5.41, 5.74) is 0.809. The molecule has 0 aromatic carbocycles. The molecule has 68 valence electrons. The van der Waals surface area contributed by atoms with E-state index in [0.29, 0.717) is 11.3 Å². The van der Waals surface area contributed by atoms with Gasteiger partial charge >= 0.3 is 0 Å². The molecule has 1 aromatic heterocycles. The van der Waals surface area contributed by atoms with Gasteiger partial charge in [-0.3, -0.25) is 9.98 Å². The lowest BCUT2D eigenvalue weighted by Crippen LogP contribution is -1.94. The van der Waals surface area contributed by atoms with Gasteiger partial charge < -0.3 is 0 Å². The Labute approximate surface area is 80.0 Å². The van der Waals surface area contributed by atoms with E-state index in [1.54, 1.807) is 0 Å². The number of rotatable bonds is 2. The van der Waals surface area contributed by atoms with Crippen molar-refractivity contribution in [2.24, 2.45) is 9.98 Å². The number of pyridine rings is 1. The summed E-state index contributed by atoms with van der Waals surface area (Å²) < 4.78 is 12.7. The lowest BCUT2D eigenvalue weighted by atomic mass is 10.2. The fourth-order valence-electron chi connectivity index (χ4n) is 0.834. The standard InChI is InChI=1S/C8H7ClFN3/c1-11-6-4-13-7(10)3-5(6)8(9)12-2/h3-4H,1H2,2H3/b12-8+. The van der Waals surface area contributed by atoms with Crippen LogP contribution in [0.15, 0.2) is 22.2 Å². The maximum Gasteiger partial charge on any atom is 0.213 e. The maximum atomic E-state index is 12.7. The van der Waals surface area contributed by atoms with Crippen molar-refractivity contribution in [3.63, 3.8) is 0 Å². The lowest BCUT2D eigenvalue weighted by Gasteiger charge is -2.01. The molecule has 1 aromatic rings. The van der Waals surface area contributed by atoms with Crippen molar-refractivity contribution in [3.8, 4) is 0 Å². The van der Waals surface area contributed by atoms with Crippen molar-refractivity contribution in [1.29, 1.82) is 0 Å². The quantitative estimate of drug-likeness (QED) is 0.531. The fraction of sp³-hybridized carbons (Fsp3) is 0.125. The minimum Gasteiger partial charge on any atom is -0.276 e. The number of aliphatic imine (C=N–C) groups is 2. The van der Waals surface area contributed by atoms with Crippen LogP contribution in [-0.4, -0.2) is 23.9 Å². The summed E-state index contributed by atoms with van der Waals surface area (Å²) in [4.78, 5) is 10.8. The van der Waals surface area contributed by atoms with Crippen LogP contribution in [0.3, 0.4) is 0 Å². The zero-order valence-electron chi connectivity index (χ0n) is 6.96. The predicted octanol–water partition coefficient (Wildman–Crippen LogP) is 2.17. The Morgan fingerprint density at radius 1 is 1.69 bits per heavy atom. The Bertz CT molecular complexity index is 362. The van der Waals surface area contributed by atoms with Crippen molar-refractivity contribution < 1.29 is 4.39 Å². The Morgan fingerprint density at radius 2 is 2.38 bits per heavy atom. The van der Waals surface area contributed by atoms with Gasteiger partial charge in [-0.25, -0.2) is 4.98 Å². The molecule has 0 aliphatic heterocycles. The average molecular weight is 200 g/mol. The van der Waals surface area contributed by atoms with E-state index in [4.69, 9.17) is 11.6 Å². The Balaban J connectivity index is 3.31. The summed E-state index contributed by atoms with van der Waals surface area (Å²) in [5, 5.41) is 0.184. The molecule has 1 heterocycles. The molecular formula is C8H7ClFN3. The van der Waals surface area contributed by atoms with Gasteiger partial charge in [0.25, 0.3) is 0 Å². The SMILES string of the molecule is C=Nc1cnc(F)cc1/C(Cl)=N\C. The van der Waals surface area contributed by atoms with Crippen LogP contribution in [0.1, 0.15) is 5.56 Å². The largest absolute Gasteiger partial charge is 0.276 e. The molecule has 5 heteroatoms. The number of halogens is 2. The second kappa shape index (κ2) is 4.09. The molecule has 0 bridgehead atoms. The first kappa shape index (κ1) is 9.80. The van der Waals surface area contributed by atoms with Crippen LogP contribution in [-0.2, 0) is 0 Å². The summed E-state index contributed by atoms with van der Waals surface area (Å²) in [6, 6.07) is 1.17. The molecule has 0 saturated carbocycles. The maximum absolute atomic E-state index is 12.7. The van der Waals surface area contributed by atoms with E-state index in [2.05, 4.69) is 21.7 Å². The zero-order chi connectivity index (χ0) is 9.84. The van der Waals surface area contributed by atoms with Gasteiger partial charge in [-0.1, -0.05) is 11.6 Å². The van der Waals surface area contributed by atoms with Crippen molar-refractivity contribution in [2.45, 2.75) is 0 Å². The number of hydrogen-bond acceptors (Lipinski definition) is 3.